The predicted octanol–water partition coefficient (Wildman–Crippen LogP) is -0.134. The molecule has 1 heterocycles. The van der Waals surface area contributed by atoms with E-state index in [2.05, 4.69) is 0 Å². The third-order valence-electron chi connectivity index (χ3n) is 2.49. The quantitative estimate of drug-likeness (QED) is 0.374. The molecule has 1 aliphatic heterocycles. The Balaban J connectivity index is 2.23. The van der Waals surface area contributed by atoms with E-state index in [9.17, 15) is 19.2 Å². The zero-order chi connectivity index (χ0) is 13.5. The maximum absolute atomic E-state index is 11.2. The molecule has 6 heteroatoms. The molecule has 0 bridgehead atoms. The Labute approximate surface area is 105 Å². The first kappa shape index (κ1) is 14.1. The summed E-state index contributed by atoms with van der Waals surface area (Å²) in [6.45, 7) is 2.26. The number of nitrogens with zero attached hydrogens (tertiary/aromatic N) is 1. The van der Waals surface area contributed by atoms with Crippen molar-refractivity contribution in [3.8, 4) is 0 Å². The van der Waals surface area contributed by atoms with Crippen molar-refractivity contribution in [2.75, 3.05) is 19.7 Å². The lowest BCUT2D eigenvalue weighted by Crippen LogP contribution is -2.29. The van der Waals surface area contributed by atoms with Gasteiger partial charge in [0, 0.05) is 26.0 Å². The monoisotopic (exact) mass is 253 g/mol. The van der Waals surface area contributed by atoms with Crippen LogP contribution >= 0.6 is 0 Å². The van der Waals surface area contributed by atoms with Crippen molar-refractivity contribution in [1.82, 2.24) is 4.90 Å². The molecule has 1 saturated heterocycles. The molecular formula is C12H15NO5. The van der Waals surface area contributed by atoms with Gasteiger partial charge in [-0.25, -0.2) is 4.79 Å². The van der Waals surface area contributed by atoms with Gasteiger partial charge < -0.3 is 9.64 Å². The Hall–Kier alpha value is -1.98. The number of carbonyl (C=O) groups is 4. The van der Waals surface area contributed by atoms with Gasteiger partial charge >= 0.3 is 5.97 Å². The van der Waals surface area contributed by atoms with Crippen LogP contribution in [0.4, 0.5) is 0 Å². The first-order valence-electron chi connectivity index (χ1n) is 5.68. The minimum Gasteiger partial charge on any atom is -0.461 e. The van der Waals surface area contributed by atoms with Crippen LogP contribution in [-0.2, 0) is 23.9 Å². The number of esters is 1. The Morgan fingerprint density at radius 1 is 1.33 bits per heavy atom. The van der Waals surface area contributed by atoms with Gasteiger partial charge in [-0.1, -0.05) is 0 Å². The first-order valence-corrected chi connectivity index (χ1v) is 5.68. The molecule has 0 N–H and O–H groups in total. The van der Waals surface area contributed by atoms with E-state index < -0.39 is 17.5 Å². The second-order valence-corrected chi connectivity index (χ2v) is 3.91. The van der Waals surface area contributed by atoms with Crippen LogP contribution in [0.1, 0.15) is 19.8 Å². The fraction of sp³-hybridized carbons (Fsp3) is 0.500. The lowest BCUT2D eigenvalue weighted by molar-refractivity contribution is -0.140. The molecule has 0 radical (unpaired) electrons. The second-order valence-electron chi connectivity index (χ2n) is 3.91. The van der Waals surface area contributed by atoms with Crippen molar-refractivity contribution in [2.45, 2.75) is 19.8 Å². The van der Waals surface area contributed by atoms with Gasteiger partial charge in [0.05, 0.1) is 6.54 Å². The van der Waals surface area contributed by atoms with Gasteiger partial charge in [-0.15, -0.1) is 0 Å². The number of amides is 1. The highest BCUT2D eigenvalue weighted by molar-refractivity contribution is 6.41. The van der Waals surface area contributed by atoms with Crippen LogP contribution in [0.5, 0.6) is 0 Å². The van der Waals surface area contributed by atoms with Crippen LogP contribution in [0.2, 0.25) is 0 Å². The highest BCUT2D eigenvalue weighted by Crippen LogP contribution is 2.08. The normalized spacial score (nSPS) is 15.2. The SMILES string of the molecule is CC(=O)C(=O)/C=C\C(=O)OCCN1CCCC1=O. The fourth-order valence-electron chi connectivity index (χ4n) is 1.51. The third-order valence-corrected chi connectivity index (χ3v) is 2.49. The van der Waals surface area contributed by atoms with Crippen LogP contribution < -0.4 is 0 Å². The zero-order valence-corrected chi connectivity index (χ0v) is 10.2. The van der Waals surface area contributed by atoms with E-state index in [4.69, 9.17) is 4.74 Å². The number of likely N-dealkylation sites (tertiary alicyclic amines) is 1. The lowest BCUT2D eigenvalue weighted by Gasteiger charge is -2.14. The summed E-state index contributed by atoms with van der Waals surface area (Å²) < 4.78 is 4.80. The maximum Gasteiger partial charge on any atom is 0.330 e. The highest BCUT2D eigenvalue weighted by atomic mass is 16.5. The molecule has 0 atom stereocenters. The molecule has 98 valence electrons. The Morgan fingerprint density at radius 3 is 2.61 bits per heavy atom. The molecule has 0 aromatic carbocycles. The van der Waals surface area contributed by atoms with Gasteiger partial charge in [0.1, 0.15) is 6.61 Å². The zero-order valence-electron chi connectivity index (χ0n) is 10.2. The average Bonchev–Trinajstić information content (AvgIpc) is 2.72. The van der Waals surface area contributed by atoms with E-state index in [1.165, 1.54) is 0 Å². The molecular weight excluding hydrogens is 238 g/mol. The van der Waals surface area contributed by atoms with Crippen molar-refractivity contribution in [1.29, 1.82) is 0 Å². The van der Waals surface area contributed by atoms with E-state index >= 15 is 0 Å². The maximum atomic E-state index is 11.2. The number of ether oxygens (including phenoxy) is 1. The van der Waals surface area contributed by atoms with Crippen LogP contribution in [0.15, 0.2) is 12.2 Å². The number of hydrogen-bond donors (Lipinski definition) is 0. The number of hydrogen-bond acceptors (Lipinski definition) is 5. The van der Waals surface area contributed by atoms with E-state index in [0.29, 0.717) is 19.5 Å². The van der Waals surface area contributed by atoms with Gasteiger partial charge in [-0.05, 0) is 12.5 Å². The summed E-state index contributed by atoms with van der Waals surface area (Å²) >= 11 is 0. The van der Waals surface area contributed by atoms with Crippen molar-refractivity contribution in [3.05, 3.63) is 12.2 Å². The van der Waals surface area contributed by atoms with Crippen LogP contribution in [0.25, 0.3) is 0 Å². The predicted molar refractivity (Wildman–Crippen MR) is 61.6 cm³/mol. The Bertz CT molecular complexity index is 399. The Kier molecular flexibility index (Phi) is 5.23. The second kappa shape index (κ2) is 6.68. The van der Waals surface area contributed by atoms with Crippen LogP contribution in [0.3, 0.4) is 0 Å². The van der Waals surface area contributed by atoms with Crippen molar-refractivity contribution in [3.63, 3.8) is 0 Å². The summed E-state index contributed by atoms with van der Waals surface area (Å²) in [5.74, 6) is -2.02. The van der Waals surface area contributed by atoms with Crippen LogP contribution in [0, 0.1) is 0 Å². The topological polar surface area (TPSA) is 80.8 Å². The van der Waals surface area contributed by atoms with Crippen molar-refractivity contribution >= 4 is 23.4 Å². The summed E-state index contributed by atoms with van der Waals surface area (Å²) in [5.41, 5.74) is 0. The van der Waals surface area contributed by atoms with E-state index in [-0.39, 0.29) is 12.5 Å². The summed E-state index contributed by atoms with van der Waals surface area (Å²) in [4.78, 5) is 45.5. The van der Waals surface area contributed by atoms with Crippen molar-refractivity contribution < 1.29 is 23.9 Å². The molecule has 1 rings (SSSR count). The first-order chi connectivity index (χ1) is 8.50. The number of ketones is 2. The van der Waals surface area contributed by atoms with Gasteiger partial charge in [0.25, 0.3) is 0 Å². The third kappa shape index (κ3) is 4.48. The van der Waals surface area contributed by atoms with Gasteiger partial charge in [0.2, 0.25) is 11.7 Å². The van der Waals surface area contributed by atoms with Gasteiger partial charge in [-0.3, -0.25) is 14.4 Å². The van der Waals surface area contributed by atoms with E-state index in [1.807, 2.05) is 0 Å². The number of allylic oxidation sites excluding steroid dienone is 1. The molecule has 1 aliphatic rings. The molecule has 0 unspecified atom stereocenters. The molecule has 0 aromatic rings. The standard InChI is InChI=1S/C12H15NO5/c1-9(14)10(15)4-5-12(17)18-8-7-13-6-2-3-11(13)16/h4-5H,2-3,6-8H2,1H3/b5-4-. The summed E-state index contributed by atoms with van der Waals surface area (Å²) in [6, 6.07) is 0. The molecule has 0 aromatic heterocycles. The average molecular weight is 253 g/mol. The molecule has 1 amide bonds. The van der Waals surface area contributed by atoms with Crippen LogP contribution in [-0.4, -0.2) is 48.0 Å². The summed E-state index contributed by atoms with van der Waals surface area (Å²) in [5, 5.41) is 0. The lowest BCUT2D eigenvalue weighted by atomic mass is 10.3. The van der Waals surface area contributed by atoms with Gasteiger partial charge in [0.15, 0.2) is 5.78 Å². The smallest absolute Gasteiger partial charge is 0.330 e. The van der Waals surface area contributed by atoms with Gasteiger partial charge in [-0.2, -0.15) is 0 Å². The number of carbonyl (C=O) groups excluding carboxylic acids is 4. The van der Waals surface area contributed by atoms with E-state index in [0.717, 1.165) is 25.5 Å². The molecule has 6 nitrogen and oxygen atoms in total. The van der Waals surface area contributed by atoms with E-state index in [1.54, 1.807) is 4.90 Å². The molecule has 0 aliphatic carbocycles. The minimum absolute atomic E-state index is 0.0633. The molecule has 0 spiro atoms. The Morgan fingerprint density at radius 2 is 2.06 bits per heavy atom. The fourth-order valence-corrected chi connectivity index (χ4v) is 1.51. The largest absolute Gasteiger partial charge is 0.461 e. The highest BCUT2D eigenvalue weighted by Gasteiger charge is 2.19. The summed E-state index contributed by atoms with van der Waals surface area (Å²) in [7, 11) is 0. The summed E-state index contributed by atoms with van der Waals surface area (Å²) in [6.07, 6.45) is 3.17. The minimum atomic E-state index is -0.748. The number of rotatable bonds is 6. The molecule has 18 heavy (non-hydrogen) atoms. The number of Topliss-reactive ketones (excluding diaryl/α,β-unsaturated/α-hetero) is 1. The van der Waals surface area contributed by atoms with Crippen molar-refractivity contribution in [2.24, 2.45) is 0 Å². The molecule has 1 fully saturated rings. The molecule has 0 saturated carbocycles.